The van der Waals surface area contributed by atoms with Gasteiger partial charge in [0.05, 0.1) is 22.6 Å². The first-order valence-corrected chi connectivity index (χ1v) is 6.59. The van der Waals surface area contributed by atoms with Crippen LogP contribution in [0.2, 0.25) is 0 Å². The molecule has 1 aromatic heterocycles. The molecule has 2 rings (SSSR count). The van der Waals surface area contributed by atoms with Crippen molar-refractivity contribution in [1.82, 2.24) is 9.66 Å². The maximum atomic E-state index is 12.2. The van der Waals surface area contributed by atoms with Gasteiger partial charge in [0.25, 0.3) is 0 Å². The van der Waals surface area contributed by atoms with E-state index < -0.39 is 12.1 Å². The molecule has 10 heteroatoms. The summed E-state index contributed by atoms with van der Waals surface area (Å²) in [5.74, 6) is -0.669. The van der Waals surface area contributed by atoms with Crippen molar-refractivity contribution < 1.29 is 23.0 Å². The summed E-state index contributed by atoms with van der Waals surface area (Å²) in [6, 6.07) is 1.99. The van der Waals surface area contributed by atoms with Crippen LogP contribution in [0.5, 0.6) is 11.5 Å². The molecule has 0 aliphatic heterocycles. The van der Waals surface area contributed by atoms with Crippen LogP contribution in [0.15, 0.2) is 27.9 Å². The molecule has 0 saturated heterocycles. The van der Waals surface area contributed by atoms with E-state index in [-0.39, 0.29) is 21.7 Å². The number of hydrogen-bond acceptors (Lipinski definition) is 5. The lowest BCUT2D eigenvalue weighted by Gasteiger charge is -2.11. The lowest BCUT2D eigenvalue weighted by atomic mass is 10.2. The number of halogens is 4. The zero-order valence-electron chi connectivity index (χ0n) is 11.1. The minimum Gasteiger partial charge on any atom is -0.506 e. The number of aromatic hydroxyl groups is 1. The molecule has 0 aliphatic rings. The highest BCUT2D eigenvalue weighted by Crippen LogP contribution is 2.34. The van der Waals surface area contributed by atoms with Crippen molar-refractivity contribution in [3.8, 4) is 11.5 Å². The molecule has 0 bridgehead atoms. The Balaban J connectivity index is 2.35. The van der Waals surface area contributed by atoms with Gasteiger partial charge in [-0.05, 0) is 35.0 Å². The number of benzene rings is 1. The van der Waals surface area contributed by atoms with Gasteiger partial charge in [-0.2, -0.15) is 5.10 Å². The summed E-state index contributed by atoms with van der Waals surface area (Å²) in [7, 11) is 0. The summed E-state index contributed by atoms with van der Waals surface area (Å²) in [6.07, 6.45) is -2.18. The molecule has 1 aromatic carbocycles. The Hall–Kier alpha value is -2.23. The molecule has 118 valence electrons. The number of alkyl halides is 3. The van der Waals surface area contributed by atoms with Crippen molar-refractivity contribution in [2.24, 2.45) is 5.10 Å². The summed E-state index contributed by atoms with van der Waals surface area (Å²) < 4.78 is 41.8. The molecule has 0 unspecified atom stereocenters. The number of nitrogens with two attached hydrogens (primary N) is 1. The van der Waals surface area contributed by atoms with Crippen molar-refractivity contribution in [3.63, 3.8) is 0 Å². The van der Waals surface area contributed by atoms with Crippen LogP contribution in [0.1, 0.15) is 11.3 Å². The molecule has 0 radical (unpaired) electrons. The van der Waals surface area contributed by atoms with E-state index in [2.05, 4.69) is 30.8 Å². The zero-order chi connectivity index (χ0) is 16.5. The molecule has 0 aliphatic carbocycles. The first-order valence-electron chi connectivity index (χ1n) is 5.80. The predicted octanol–water partition coefficient (Wildman–Crippen LogP) is 3.02. The SMILES string of the molecule is Cc1cn(N=Cc2cc(OC(F)(F)F)cc(Br)c2O)c(N)n1. The first kappa shape index (κ1) is 16.1. The number of nitrogen functional groups attached to an aromatic ring is 1. The van der Waals surface area contributed by atoms with E-state index in [1.807, 2.05) is 0 Å². The number of nitrogens with zero attached hydrogens (tertiary/aromatic N) is 3. The summed E-state index contributed by atoms with van der Waals surface area (Å²) in [5.41, 5.74) is 6.21. The fourth-order valence-corrected chi connectivity index (χ4v) is 2.06. The highest BCUT2D eigenvalue weighted by molar-refractivity contribution is 9.10. The molecule has 0 amide bonds. The smallest absolute Gasteiger partial charge is 0.506 e. The fraction of sp³-hybridized carbons (Fsp3) is 0.167. The van der Waals surface area contributed by atoms with E-state index in [0.29, 0.717) is 5.69 Å². The van der Waals surface area contributed by atoms with Crippen LogP contribution in [0.3, 0.4) is 0 Å². The predicted molar refractivity (Wildman–Crippen MR) is 76.9 cm³/mol. The number of hydrogen-bond donors (Lipinski definition) is 2. The number of ether oxygens (including phenoxy) is 1. The number of aromatic nitrogens is 2. The zero-order valence-corrected chi connectivity index (χ0v) is 12.7. The van der Waals surface area contributed by atoms with Gasteiger partial charge in [-0.15, -0.1) is 13.2 Å². The molecule has 0 saturated carbocycles. The van der Waals surface area contributed by atoms with Gasteiger partial charge in [0, 0.05) is 5.56 Å². The minimum atomic E-state index is -4.84. The monoisotopic (exact) mass is 378 g/mol. The van der Waals surface area contributed by atoms with Gasteiger partial charge in [0.1, 0.15) is 11.5 Å². The van der Waals surface area contributed by atoms with Crippen molar-refractivity contribution in [1.29, 1.82) is 0 Å². The van der Waals surface area contributed by atoms with Gasteiger partial charge < -0.3 is 15.6 Å². The first-order chi connectivity index (χ1) is 10.2. The second-order valence-corrected chi connectivity index (χ2v) is 5.07. The highest BCUT2D eigenvalue weighted by atomic mass is 79.9. The molecule has 6 nitrogen and oxygen atoms in total. The van der Waals surface area contributed by atoms with Crippen LogP contribution in [-0.2, 0) is 0 Å². The fourth-order valence-electron chi connectivity index (χ4n) is 1.61. The quantitative estimate of drug-likeness (QED) is 0.803. The number of aryl methyl sites for hydroxylation is 1. The van der Waals surface area contributed by atoms with Gasteiger partial charge in [-0.3, -0.25) is 0 Å². The van der Waals surface area contributed by atoms with Crippen molar-refractivity contribution in [2.75, 3.05) is 5.73 Å². The summed E-state index contributed by atoms with van der Waals surface area (Å²) in [5, 5.41) is 13.8. The summed E-state index contributed by atoms with van der Waals surface area (Å²) >= 11 is 2.95. The molecule has 2 aromatic rings. The number of phenols is 1. The van der Waals surface area contributed by atoms with E-state index >= 15 is 0 Å². The van der Waals surface area contributed by atoms with Gasteiger partial charge in [-0.25, -0.2) is 9.66 Å². The highest BCUT2D eigenvalue weighted by Gasteiger charge is 2.31. The van der Waals surface area contributed by atoms with Gasteiger partial charge in [0.2, 0.25) is 5.95 Å². The molecule has 0 fully saturated rings. The van der Waals surface area contributed by atoms with E-state index in [9.17, 15) is 18.3 Å². The van der Waals surface area contributed by atoms with Crippen molar-refractivity contribution in [3.05, 3.63) is 34.1 Å². The Morgan fingerprint density at radius 2 is 2.14 bits per heavy atom. The second kappa shape index (κ2) is 5.87. The van der Waals surface area contributed by atoms with Gasteiger partial charge in [0.15, 0.2) is 0 Å². The standard InChI is InChI=1S/C12H10BrF3N4O2/c1-6-5-20(11(17)19-6)18-4-7-2-8(22-12(14,15)16)3-9(13)10(7)21/h2-5,21H,1H3,(H2,17,19). The Kier molecular flexibility index (Phi) is 4.31. The van der Waals surface area contributed by atoms with E-state index in [1.54, 1.807) is 6.92 Å². The number of rotatable bonds is 3. The Morgan fingerprint density at radius 1 is 1.45 bits per heavy atom. The number of anilines is 1. The number of imidazole rings is 1. The van der Waals surface area contributed by atoms with Crippen molar-refractivity contribution in [2.45, 2.75) is 13.3 Å². The van der Waals surface area contributed by atoms with E-state index in [0.717, 1.165) is 18.3 Å². The van der Waals surface area contributed by atoms with E-state index in [4.69, 9.17) is 5.73 Å². The van der Waals surface area contributed by atoms with Crippen LogP contribution >= 0.6 is 15.9 Å². The Morgan fingerprint density at radius 3 is 2.68 bits per heavy atom. The van der Waals surface area contributed by atoms with Crippen LogP contribution in [-0.4, -0.2) is 27.3 Å². The largest absolute Gasteiger partial charge is 0.573 e. The van der Waals surface area contributed by atoms with E-state index in [1.165, 1.54) is 10.9 Å². The molecule has 1 heterocycles. The molecular formula is C12H10BrF3N4O2. The van der Waals surface area contributed by atoms with Crippen LogP contribution < -0.4 is 10.5 Å². The average molecular weight is 379 g/mol. The summed E-state index contributed by atoms with van der Waals surface area (Å²) in [4.78, 5) is 3.91. The molecule has 0 atom stereocenters. The summed E-state index contributed by atoms with van der Waals surface area (Å²) in [6.45, 7) is 1.70. The lowest BCUT2D eigenvalue weighted by Crippen LogP contribution is -2.17. The van der Waals surface area contributed by atoms with Gasteiger partial charge >= 0.3 is 6.36 Å². The lowest BCUT2D eigenvalue weighted by molar-refractivity contribution is -0.274. The maximum Gasteiger partial charge on any atom is 0.573 e. The third-order valence-electron chi connectivity index (χ3n) is 2.46. The van der Waals surface area contributed by atoms with Crippen LogP contribution in [0, 0.1) is 6.92 Å². The number of phenolic OH excluding ortho intramolecular Hbond substituents is 1. The average Bonchev–Trinajstić information content (AvgIpc) is 2.68. The normalized spacial score (nSPS) is 12.0. The molecule has 22 heavy (non-hydrogen) atoms. The maximum absolute atomic E-state index is 12.2. The minimum absolute atomic E-state index is 0.0133. The topological polar surface area (TPSA) is 85.7 Å². The molecular weight excluding hydrogens is 369 g/mol. The van der Waals surface area contributed by atoms with Crippen molar-refractivity contribution >= 4 is 28.1 Å². The second-order valence-electron chi connectivity index (χ2n) is 4.22. The Labute approximate surface area is 131 Å². The Bertz CT molecular complexity index is 728. The third-order valence-corrected chi connectivity index (χ3v) is 3.06. The molecule has 0 spiro atoms. The third kappa shape index (κ3) is 3.91. The van der Waals surface area contributed by atoms with Crippen LogP contribution in [0.25, 0.3) is 0 Å². The van der Waals surface area contributed by atoms with Crippen LogP contribution in [0.4, 0.5) is 19.1 Å². The van der Waals surface area contributed by atoms with Gasteiger partial charge in [-0.1, -0.05) is 0 Å². The molecule has 3 N–H and O–H groups in total.